The molecule has 4 nitrogen and oxygen atoms in total. The minimum atomic E-state index is -0.398. The van der Waals surface area contributed by atoms with Crippen LogP contribution in [-0.2, 0) is 0 Å². The topological polar surface area (TPSA) is 58.6 Å². The van der Waals surface area contributed by atoms with E-state index in [4.69, 9.17) is 0 Å². The van der Waals surface area contributed by atoms with Gasteiger partial charge in [-0.2, -0.15) is 0 Å². The van der Waals surface area contributed by atoms with E-state index in [0.717, 1.165) is 16.3 Å². The summed E-state index contributed by atoms with van der Waals surface area (Å²) < 4.78 is 0. The smallest absolute Gasteiger partial charge is 0.209 e. The molecule has 128 valence electrons. The number of aromatic amines is 1. The fraction of sp³-hybridized carbons (Fsp3) is 0.0500. The summed E-state index contributed by atoms with van der Waals surface area (Å²) in [5.74, 6) is 0.769. The number of thioether (sulfide) groups is 1. The van der Waals surface area contributed by atoms with E-state index in [9.17, 15) is 4.79 Å². The van der Waals surface area contributed by atoms with Crippen molar-refractivity contribution in [3.05, 3.63) is 89.3 Å². The molecule has 1 N–H and O–H groups in total. The maximum Gasteiger partial charge on any atom is 0.209 e. The predicted molar refractivity (Wildman–Crippen MR) is 106 cm³/mol. The lowest BCUT2D eigenvalue weighted by Gasteiger charge is -2.14. The van der Waals surface area contributed by atoms with Gasteiger partial charge in [-0.1, -0.05) is 78.5 Å². The van der Waals surface area contributed by atoms with Gasteiger partial charge in [-0.05, 0) is 17.0 Å². The maximum atomic E-state index is 13.1. The Labute approximate surface area is 159 Å². The van der Waals surface area contributed by atoms with Crippen LogP contribution in [0.15, 0.2) is 83.3 Å². The lowest BCUT2D eigenvalue weighted by atomic mass is 10.0. The van der Waals surface area contributed by atoms with Gasteiger partial charge in [0.05, 0.1) is 4.88 Å². The Hall–Kier alpha value is -2.70. The van der Waals surface area contributed by atoms with Crippen LogP contribution in [-0.4, -0.2) is 21.0 Å². The van der Waals surface area contributed by atoms with Gasteiger partial charge in [0, 0.05) is 5.56 Å². The number of nitrogens with zero attached hydrogens (tertiary/aromatic N) is 2. The number of hydrogen-bond acceptors (Lipinski definition) is 5. The molecule has 0 aliphatic heterocycles. The third-order valence-electron chi connectivity index (χ3n) is 3.84. The fourth-order valence-corrected chi connectivity index (χ4v) is 4.24. The minimum absolute atomic E-state index is 0.0456. The van der Waals surface area contributed by atoms with Crippen molar-refractivity contribution in [1.29, 1.82) is 0 Å². The van der Waals surface area contributed by atoms with Crippen LogP contribution in [0.3, 0.4) is 0 Å². The molecule has 0 radical (unpaired) electrons. The standard InChI is InChI=1S/C20H15N3OS2/c24-17(14-8-3-1-4-9-14)18(15-10-5-2-6-11-15)26-20-21-19(22-23-20)16-12-7-13-25-16/h1-13,18H,(H,21,22,23)/t18-/m0/s1. The normalized spacial score (nSPS) is 12.0. The van der Waals surface area contributed by atoms with Gasteiger partial charge in [0.2, 0.25) is 5.16 Å². The van der Waals surface area contributed by atoms with E-state index in [1.807, 2.05) is 78.2 Å². The van der Waals surface area contributed by atoms with Crippen molar-refractivity contribution in [3.63, 3.8) is 0 Å². The quantitative estimate of drug-likeness (QED) is 0.368. The summed E-state index contributed by atoms with van der Waals surface area (Å²) >= 11 is 2.96. The Morgan fingerprint density at radius 3 is 2.38 bits per heavy atom. The van der Waals surface area contributed by atoms with Crippen LogP contribution >= 0.6 is 23.1 Å². The summed E-state index contributed by atoms with van der Waals surface area (Å²) in [5, 5.41) is 9.42. The number of benzene rings is 2. The third kappa shape index (κ3) is 3.61. The number of nitrogens with one attached hydrogen (secondary N) is 1. The van der Waals surface area contributed by atoms with Gasteiger partial charge in [-0.3, -0.25) is 9.89 Å². The second-order valence-corrected chi connectivity index (χ2v) is 7.60. The first-order chi connectivity index (χ1) is 12.8. The van der Waals surface area contributed by atoms with Crippen molar-refractivity contribution >= 4 is 28.9 Å². The molecule has 6 heteroatoms. The molecule has 0 saturated heterocycles. The number of Topliss-reactive ketones (excluding diaryl/α,β-unsaturated/α-hetero) is 1. The van der Waals surface area contributed by atoms with Crippen molar-refractivity contribution in [3.8, 4) is 10.7 Å². The van der Waals surface area contributed by atoms with Crippen molar-refractivity contribution in [2.75, 3.05) is 0 Å². The average molecular weight is 377 g/mol. The Morgan fingerprint density at radius 2 is 1.69 bits per heavy atom. The van der Waals surface area contributed by atoms with Crippen LogP contribution < -0.4 is 0 Å². The fourth-order valence-electron chi connectivity index (χ4n) is 2.58. The number of aromatic nitrogens is 3. The number of ketones is 1. The summed E-state index contributed by atoms with van der Waals surface area (Å²) in [6.07, 6.45) is 0. The second-order valence-electron chi connectivity index (χ2n) is 5.58. The zero-order valence-corrected chi connectivity index (χ0v) is 15.3. The third-order valence-corrected chi connectivity index (χ3v) is 5.83. The Kier molecular flexibility index (Phi) is 4.95. The minimum Gasteiger partial charge on any atom is -0.293 e. The Bertz CT molecular complexity index is 982. The number of H-pyrrole nitrogens is 1. The van der Waals surface area contributed by atoms with Crippen LogP contribution in [0.4, 0.5) is 0 Å². The van der Waals surface area contributed by atoms with Crippen molar-refractivity contribution in [1.82, 2.24) is 15.2 Å². The number of carbonyl (C=O) groups is 1. The molecule has 0 aliphatic carbocycles. The van der Waals surface area contributed by atoms with Gasteiger partial charge >= 0.3 is 0 Å². The van der Waals surface area contributed by atoms with E-state index >= 15 is 0 Å². The molecule has 0 fully saturated rings. The van der Waals surface area contributed by atoms with Crippen LogP contribution in [0.5, 0.6) is 0 Å². The van der Waals surface area contributed by atoms with E-state index in [2.05, 4.69) is 15.2 Å². The van der Waals surface area contributed by atoms with Gasteiger partial charge in [0.25, 0.3) is 0 Å². The van der Waals surface area contributed by atoms with Gasteiger partial charge < -0.3 is 0 Å². The van der Waals surface area contributed by atoms with Gasteiger partial charge in [-0.15, -0.1) is 16.4 Å². The lowest BCUT2D eigenvalue weighted by Crippen LogP contribution is -2.10. The van der Waals surface area contributed by atoms with Crippen LogP contribution in [0, 0.1) is 0 Å². The number of hydrogen-bond donors (Lipinski definition) is 1. The first kappa shape index (κ1) is 16.8. The highest BCUT2D eigenvalue weighted by molar-refractivity contribution is 8.00. The van der Waals surface area contributed by atoms with Crippen LogP contribution in [0.25, 0.3) is 10.7 Å². The van der Waals surface area contributed by atoms with E-state index in [1.165, 1.54) is 11.8 Å². The Balaban J connectivity index is 1.65. The SMILES string of the molecule is O=C(c1ccccc1)[C@@H](Sc1n[nH]c(-c2cccs2)n1)c1ccccc1. The van der Waals surface area contributed by atoms with E-state index < -0.39 is 5.25 Å². The lowest BCUT2D eigenvalue weighted by molar-refractivity contribution is 0.0989. The highest BCUT2D eigenvalue weighted by Crippen LogP contribution is 2.37. The second kappa shape index (κ2) is 7.68. The number of carbonyl (C=O) groups excluding carboxylic acids is 1. The molecule has 4 aromatic rings. The van der Waals surface area contributed by atoms with Crippen LogP contribution in [0.2, 0.25) is 0 Å². The molecular weight excluding hydrogens is 362 g/mol. The first-order valence-corrected chi connectivity index (χ1v) is 9.84. The predicted octanol–water partition coefficient (Wildman–Crippen LogP) is 5.25. The van der Waals surface area contributed by atoms with Crippen molar-refractivity contribution < 1.29 is 4.79 Å². The molecule has 0 aliphatic rings. The molecule has 0 saturated carbocycles. The molecule has 2 aromatic heterocycles. The number of thiophene rings is 1. The van der Waals surface area contributed by atoms with E-state index in [-0.39, 0.29) is 5.78 Å². The van der Waals surface area contributed by atoms with Gasteiger partial charge in [0.1, 0.15) is 5.25 Å². The Morgan fingerprint density at radius 1 is 0.962 bits per heavy atom. The monoisotopic (exact) mass is 377 g/mol. The molecule has 26 heavy (non-hydrogen) atoms. The molecule has 4 rings (SSSR count). The summed E-state index contributed by atoms with van der Waals surface area (Å²) in [6.45, 7) is 0. The summed E-state index contributed by atoms with van der Waals surface area (Å²) in [5.41, 5.74) is 1.62. The van der Waals surface area contributed by atoms with Crippen LogP contribution in [0.1, 0.15) is 21.2 Å². The molecular formula is C20H15N3OS2. The highest BCUT2D eigenvalue weighted by Gasteiger charge is 2.25. The van der Waals surface area contributed by atoms with Crippen molar-refractivity contribution in [2.45, 2.75) is 10.4 Å². The van der Waals surface area contributed by atoms with Gasteiger partial charge in [0.15, 0.2) is 11.6 Å². The molecule has 0 unspecified atom stereocenters. The highest BCUT2D eigenvalue weighted by atomic mass is 32.2. The molecule has 0 spiro atoms. The molecule has 2 heterocycles. The average Bonchev–Trinajstić information content (AvgIpc) is 3.39. The zero-order chi connectivity index (χ0) is 17.8. The van der Waals surface area contributed by atoms with E-state index in [1.54, 1.807) is 11.3 Å². The summed E-state index contributed by atoms with van der Waals surface area (Å²) in [6, 6.07) is 23.1. The maximum absolute atomic E-state index is 13.1. The first-order valence-electron chi connectivity index (χ1n) is 8.08. The molecule has 2 aromatic carbocycles. The largest absolute Gasteiger partial charge is 0.293 e. The number of rotatable bonds is 6. The van der Waals surface area contributed by atoms with Crippen molar-refractivity contribution in [2.24, 2.45) is 0 Å². The van der Waals surface area contributed by atoms with Gasteiger partial charge in [-0.25, -0.2) is 4.98 Å². The zero-order valence-electron chi connectivity index (χ0n) is 13.7. The molecule has 0 bridgehead atoms. The summed E-state index contributed by atoms with van der Waals surface area (Å²) in [4.78, 5) is 18.7. The molecule has 0 amide bonds. The summed E-state index contributed by atoms with van der Waals surface area (Å²) in [7, 11) is 0. The van der Waals surface area contributed by atoms with E-state index in [0.29, 0.717) is 10.7 Å². The molecule has 1 atom stereocenters.